The van der Waals surface area contributed by atoms with Crippen LogP contribution in [-0.2, 0) is 0 Å². The smallest absolute Gasteiger partial charge is 0.150 e. The third kappa shape index (κ3) is 1.56. The first kappa shape index (κ1) is 10.7. The maximum absolute atomic E-state index is 11.0. The zero-order valence-corrected chi connectivity index (χ0v) is 9.70. The molecule has 0 heterocycles. The van der Waals surface area contributed by atoms with Gasteiger partial charge in [0.1, 0.15) is 5.75 Å². The molecule has 0 saturated carbocycles. The maximum atomic E-state index is 11.0. The number of methoxy groups -OCH3 is 1. The lowest BCUT2D eigenvalue weighted by atomic mass is 9.96. The Labute approximate surface area is 94.8 Å². The van der Waals surface area contributed by atoms with Crippen LogP contribution in [0.2, 0.25) is 0 Å². The molecule has 0 aromatic heterocycles. The third-order valence-electron chi connectivity index (χ3n) is 2.98. The minimum Gasteiger partial charge on any atom is -0.497 e. The second-order valence-corrected chi connectivity index (χ2v) is 3.94. The number of benzene rings is 2. The number of rotatable bonds is 2. The van der Waals surface area contributed by atoms with Crippen LogP contribution in [0.1, 0.15) is 21.5 Å². The van der Waals surface area contributed by atoms with Crippen LogP contribution in [0.4, 0.5) is 0 Å². The first-order valence-corrected chi connectivity index (χ1v) is 5.20. The van der Waals surface area contributed by atoms with Crippen molar-refractivity contribution in [3.63, 3.8) is 0 Å². The fourth-order valence-corrected chi connectivity index (χ4v) is 2.06. The van der Waals surface area contributed by atoms with Crippen molar-refractivity contribution in [1.29, 1.82) is 0 Å². The molecule has 0 aliphatic carbocycles. The van der Waals surface area contributed by atoms with Gasteiger partial charge in [0.15, 0.2) is 6.29 Å². The van der Waals surface area contributed by atoms with E-state index in [2.05, 4.69) is 0 Å². The molecule has 0 N–H and O–H groups in total. The molecular weight excluding hydrogens is 200 g/mol. The van der Waals surface area contributed by atoms with Gasteiger partial charge in [-0.3, -0.25) is 4.79 Å². The van der Waals surface area contributed by atoms with Crippen LogP contribution in [0.15, 0.2) is 24.3 Å². The fourth-order valence-electron chi connectivity index (χ4n) is 2.06. The van der Waals surface area contributed by atoms with E-state index in [0.29, 0.717) is 0 Å². The molecule has 0 radical (unpaired) electrons. The van der Waals surface area contributed by atoms with Gasteiger partial charge in [-0.2, -0.15) is 0 Å². The van der Waals surface area contributed by atoms with Gasteiger partial charge in [0.25, 0.3) is 0 Å². The number of fused-ring (bicyclic) bond motifs is 1. The van der Waals surface area contributed by atoms with E-state index in [1.807, 2.05) is 38.1 Å². The molecule has 2 heteroatoms. The summed E-state index contributed by atoms with van der Waals surface area (Å²) in [5.74, 6) is 0.838. The van der Waals surface area contributed by atoms with Gasteiger partial charge in [0.05, 0.1) is 7.11 Å². The molecule has 2 aromatic rings. The number of hydrogen-bond acceptors (Lipinski definition) is 2. The number of carbonyl (C=O) groups excluding carboxylic acids is 1. The molecule has 0 saturated heterocycles. The summed E-state index contributed by atoms with van der Waals surface area (Å²) in [4.78, 5) is 11.0. The van der Waals surface area contributed by atoms with Gasteiger partial charge in [-0.1, -0.05) is 12.1 Å². The van der Waals surface area contributed by atoms with E-state index in [-0.39, 0.29) is 0 Å². The van der Waals surface area contributed by atoms with Crippen molar-refractivity contribution in [2.45, 2.75) is 13.8 Å². The minimum absolute atomic E-state index is 0.790. The zero-order chi connectivity index (χ0) is 11.7. The summed E-state index contributed by atoms with van der Waals surface area (Å²) in [7, 11) is 1.65. The predicted octanol–water partition coefficient (Wildman–Crippen LogP) is 3.28. The maximum Gasteiger partial charge on any atom is 0.150 e. The van der Waals surface area contributed by atoms with Crippen molar-refractivity contribution in [3.8, 4) is 5.75 Å². The molecule has 2 nitrogen and oxygen atoms in total. The van der Waals surface area contributed by atoms with Crippen LogP contribution in [0, 0.1) is 13.8 Å². The summed E-state index contributed by atoms with van der Waals surface area (Å²) in [6.45, 7) is 3.93. The second kappa shape index (κ2) is 3.97. The van der Waals surface area contributed by atoms with E-state index in [9.17, 15) is 4.79 Å². The van der Waals surface area contributed by atoms with Crippen LogP contribution in [0.25, 0.3) is 10.8 Å². The normalized spacial score (nSPS) is 10.4. The molecule has 16 heavy (non-hydrogen) atoms. The predicted molar refractivity (Wildman–Crippen MR) is 65.4 cm³/mol. The lowest BCUT2D eigenvalue weighted by Crippen LogP contribution is -1.93. The third-order valence-corrected chi connectivity index (χ3v) is 2.98. The highest BCUT2D eigenvalue weighted by Crippen LogP contribution is 2.27. The molecule has 82 valence electrons. The Morgan fingerprint density at radius 2 is 1.94 bits per heavy atom. The number of hydrogen-bond donors (Lipinski definition) is 0. The Kier molecular flexibility index (Phi) is 2.65. The number of aryl methyl sites for hydroxylation is 2. The van der Waals surface area contributed by atoms with E-state index in [4.69, 9.17) is 4.74 Å². The van der Waals surface area contributed by atoms with Gasteiger partial charge in [0.2, 0.25) is 0 Å². The number of carbonyl (C=O) groups is 1. The molecule has 0 unspecified atom stereocenters. The van der Waals surface area contributed by atoms with Crippen molar-refractivity contribution in [1.82, 2.24) is 0 Å². The van der Waals surface area contributed by atoms with E-state index in [0.717, 1.165) is 39.5 Å². The quantitative estimate of drug-likeness (QED) is 0.717. The summed E-state index contributed by atoms with van der Waals surface area (Å²) >= 11 is 0. The molecule has 0 amide bonds. The van der Waals surface area contributed by atoms with Crippen molar-refractivity contribution in [2.75, 3.05) is 7.11 Å². The SMILES string of the molecule is COc1ccc2c(C)c(C=O)c(C)cc2c1. The highest BCUT2D eigenvalue weighted by Gasteiger charge is 2.07. The summed E-state index contributed by atoms with van der Waals surface area (Å²) in [6.07, 6.45) is 0.925. The molecule has 0 aliphatic heterocycles. The van der Waals surface area contributed by atoms with E-state index in [1.165, 1.54) is 0 Å². The molecule has 0 aliphatic rings. The Hall–Kier alpha value is -1.83. The van der Waals surface area contributed by atoms with Gasteiger partial charge in [-0.15, -0.1) is 0 Å². The van der Waals surface area contributed by atoms with Crippen molar-refractivity contribution in [3.05, 3.63) is 41.0 Å². The minimum atomic E-state index is 0.790. The van der Waals surface area contributed by atoms with E-state index in [1.54, 1.807) is 7.11 Å². The van der Waals surface area contributed by atoms with Crippen molar-refractivity contribution >= 4 is 17.1 Å². The molecule has 0 fully saturated rings. The van der Waals surface area contributed by atoms with Gasteiger partial charge in [-0.25, -0.2) is 0 Å². The average Bonchev–Trinajstić information content (AvgIpc) is 2.28. The van der Waals surface area contributed by atoms with Crippen molar-refractivity contribution in [2.24, 2.45) is 0 Å². The first-order valence-electron chi connectivity index (χ1n) is 5.20. The van der Waals surface area contributed by atoms with Crippen LogP contribution in [-0.4, -0.2) is 13.4 Å². The van der Waals surface area contributed by atoms with Crippen LogP contribution in [0.5, 0.6) is 5.75 Å². The molecule has 0 bridgehead atoms. The summed E-state index contributed by atoms with van der Waals surface area (Å²) in [5, 5.41) is 2.22. The standard InChI is InChI=1S/C14H14O2/c1-9-6-11-7-12(16-3)4-5-13(11)10(2)14(9)8-15/h4-8H,1-3H3. The number of ether oxygens (including phenoxy) is 1. The average molecular weight is 214 g/mol. The molecule has 2 rings (SSSR count). The van der Waals surface area contributed by atoms with Crippen LogP contribution < -0.4 is 4.74 Å². The summed E-state index contributed by atoms with van der Waals surface area (Å²) in [5.41, 5.74) is 2.83. The van der Waals surface area contributed by atoms with Gasteiger partial charge in [0, 0.05) is 5.56 Å². The number of aldehydes is 1. The first-order chi connectivity index (χ1) is 7.67. The second-order valence-electron chi connectivity index (χ2n) is 3.94. The highest BCUT2D eigenvalue weighted by molar-refractivity contribution is 5.95. The van der Waals surface area contributed by atoms with Crippen LogP contribution >= 0.6 is 0 Å². The molecule has 2 aromatic carbocycles. The van der Waals surface area contributed by atoms with Crippen LogP contribution in [0.3, 0.4) is 0 Å². The lowest BCUT2D eigenvalue weighted by Gasteiger charge is -2.09. The Morgan fingerprint density at radius 1 is 1.19 bits per heavy atom. The summed E-state index contributed by atoms with van der Waals surface area (Å²) in [6, 6.07) is 7.92. The largest absolute Gasteiger partial charge is 0.497 e. The molecule has 0 atom stereocenters. The van der Waals surface area contributed by atoms with E-state index >= 15 is 0 Å². The lowest BCUT2D eigenvalue weighted by molar-refractivity contribution is 0.112. The van der Waals surface area contributed by atoms with Crippen molar-refractivity contribution < 1.29 is 9.53 Å². The highest BCUT2D eigenvalue weighted by atomic mass is 16.5. The van der Waals surface area contributed by atoms with E-state index < -0.39 is 0 Å². The van der Waals surface area contributed by atoms with Gasteiger partial charge in [-0.05, 0) is 47.9 Å². The van der Waals surface area contributed by atoms with Gasteiger partial charge < -0.3 is 4.74 Å². The molecular formula is C14H14O2. The molecule has 0 spiro atoms. The Bertz CT molecular complexity index is 556. The topological polar surface area (TPSA) is 26.3 Å². The zero-order valence-electron chi connectivity index (χ0n) is 9.70. The Morgan fingerprint density at radius 3 is 2.56 bits per heavy atom. The monoisotopic (exact) mass is 214 g/mol. The fraction of sp³-hybridized carbons (Fsp3) is 0.214. The van der Waals surface area contributed by atoms with Gasteiger partial charge >= 0.3 is 0 Å². The Balaban J connectivity index is 2.81. The summed E-state index contributed by atoms with van der Waals surface area (Å²) < 4.78 is 5.19.